The molecule has 3 heteroatoms. The molecule has 0 saturated carbocycles. The normalized spacial score (nSPS) is 9.21. The Bertz CT molecular complexity index is 365. The minimum Gasteiger partial charge on any atom is -0.400 e. The fourth-order valence-electron chi connectivity index (χ4n) is 2.64. The summed E-state index contributed by atoms with van der Waals surface area (Å²) >= 11 is 0. The molecule has 0 aliphatic carbocycles. The van der Waals surface area contributed by atoms with Crippen LogP contribution in [0.1, 0.15) is 103 Å². The van der Waals surface area contributed by atoms with Gasteiger partial charge in [0.25, 0.3) is 0 Å². The molecular weight excluding hydrogens is 346 g/mol. The van der Waals surface area contributed by atoms with Crippen LogP contribution in [-0.2, 0) is 17.8 Å². The SMILES string of the molecule is C=O.CCC.CCCCCCCCCc1ccc(CNCCCC)cc1.CO. The number of hydrogen-bond acceptors (Lipinski definition) is 3. The van der Waals surface area contributed by atoms with Crippen LogP contribution in [0.15, 0.2) is 24.3 Å². The van der Waals surface area contributed by atoms with E-state index >= 15 is 0 Å². The number of benzene rings is 1. The second-order valence-electron chi connectivity index (χ2n) is 6.93. The molecule has 0 atom stereocenters. The zero-order valence-electron chi connectivity index (χ0n) is 19.6. The molecule has 1 aromatic carbocycles. The zero-order valence-corrected chi connectivity index (χ0v) is 19.6. The third-order valence-corrected chi connectivity index (χ3v) is 4.13. The van der Waals surface area contributed by atoms with Crippen molar-refractivity contribution in [2.45, 2.75) is 105 Å². The van der Waals surface area contributed by atoms with Gasteiger partial charge in [0.1, 0.15) is 6.79 Å². The molecule has 0 unspecified atom stereocenters. The smallest absolute Gasteiger partial charge is 0.106 e. The molecule has 2 N–H and O–H groups in total. The van der Waals surface area contributed by atoms with Gasteiger partial charge in [-0.1, -0.05) is 103 Å². The average Bonchev–Trinajstić information content (AvgIpc) is 2.75. The average molecular weight is 396 g/mol. The van der Waals surface area contributed by atoms with Gasteiger partial charge in [-0.05, 0) is 36.9 Å². The molecule has 0 radical (unpaired) electrons. The Morgan fingerprint density at radius 1 is 0.714 bits per heavy atom. The van der Waals surface area contributed by atoms with Gasteiger partial charge in [0.15, 0.2) is 0 Å². The van der Waals surface area contributed by atoms with Gasteiger partial charge in [0, 0.05) is 13.7 Å². The lowest BCUT2D eigenvalue weighted by Crippen LogP contribution is -2.14. The second kappa shape index (κ2) is 30.5. The molecule has 0 aliphatic heterocycles. The molecule has 1 rings (SSSR count). The third-order valence-electron chi connectivity index (χ3n) is 4.13. The van der Waals surface area contributed by atoms with E-state index < -0.39 is 0 Å². The van der Waals surface area contributed by atoms with E-state index in [1.54, 1.807) is 0 Å². The molecule has 1 aromatic rings. The first-order valence-electron chi connectivity index (χ1n) is 11.3. The summed E-state index contributed by atoms with van der Waals surface area (Å²) in [5.74, 6) is 0. The van der Waals surface area contributed by atoms with Crippen molar-refractivity contribution in [1.82, 2.24) is 5.32 Å². The van der Waals surface area contributed by atoms with Crippen LogP contribution in [0.4, 0.5) is 0 Å². The van der Waals surface area contributed by atoms with E-state index in [2.05, 4.69) is 57.3 Å². The Morgan fingerprint density at radius 3 is 1.64 bits per heavy atom. The van der Waals surface area contributed by atoms with Crippen LogP contribution < -0.4 is 5.32 Å². The van der Waals surface area contributed by atoms with Gasteiger partial charge in [-0.3, -0.25) is 0 Å². The molecule has 3 nitrogen and oxygen atoms in total. The van der Waals surface area contributed by atoms with Crippen molar-refractivity contribution in [2.24, 2.45) is 0 Å². The number of carbonyl (C=O) groups is 1. The Morgan fingerprint density at radius 2 is 1.14 bits per heavy atom. The Kier molecular flexibility index (Phi) is 34.4. The predicted octanol–water partition coefficient (Wildman–Crippen LogP) is 6.71. The highest BCUT2D eigenvalue weighted by Crippen LogP contribution is 2.11. The Hall–Kier alpha value is -1.19. The Balaban J connectivity index is -0.000000789. The molecule has 0 aliphatic rings. The highest BCUT2D eigenvalue weighted by atomic mass is 16.2. The van der Waals surface area contributed by atoms with Crippen LogP contribution in [0, 0.1) is 0 Å². The minimum atomic E-state index is 1.00. The lowest BCUT2D eigenvalue weighted by molar-refractivity contribution is -0.0979. The highest BCUT2D eigenvalue weighted by Gasteiger charge is 1.96. The number of aliphatic hydroxyl groups excluding tert-OH is 1. The van der Waals surface area contributed by atoms with Crippen LogP contribution in [0.2, 0.25) is 0 Å². The van der Waals surface area contributed by atoms with E-state index in [4.69, 9.17) is 9.90 Å². The summed E-state index contributed by atoms with van der Waals surface area (Å²) in [6.45, 7) is 12.9. The van der Waals surface area contributed by atoms with E-state index in [-0.39, 0.29) is 0 Å². The first-order chi connectivity index (χ1) is 13.8. The standard InChI is InChI=1S/C20H35N.C3H8.CH4O.CH2O/c1-3-5-7-8-9-10-11-12-19-13-15-20(16-14-19)18-21-17-6-4-2;1-3-2;2*1-2/h13-16,21H,3-12,17-18H2,1-2H3;3H2,1-2H3;2H,1H3;1H2. The lowest BCUT2D eigenvalue weighted by Gasteiger charge is -2.06. The van der Waals surface area contributed by atoms with Gasteiger partial charge in [-0.2, -0.15) is 0 Å². The molecule has 0 spiro atoms. The van der Waals surface area contributed by atoms with Crippen LogP contribution in [0.3, 0.4) is 0 Å². The number of unbranched alkanes of at least 4 members (excludes halogenated alkanes) is 7. The first kappa shape index (κ1) is 31.5. The minimum absolute atomic E-state index is 1.00. The maximum atomic E-state index is 8.00. The maximum absolute atomic E-state index is 8.00. The van der Waals surface area contributed by atoms with E-state index in [1.165, 1.54) is 81.8 Å². The summed E-state index contributed by atoms with van der Waals surface area (Å²) in [5, 5.41) is 10.5. The van der Waals surface area contributed by atoms with Crippen molar-refractivity contribution < 1.29 is 9.90 Å². The largest absolute Gasteiger partial charge is 0.400 e. The van der Waals surface area contributed by atoms with Crippen LogP contribution in [-0.4, -0.2) is 25.6 Å². The van der Waals surface area contributed by atoms with Crippen molar-refractivity contribution in [3.05, 3.63) is 35.4 Å². The van der Waals surface area contributed by atoms with Crippen molar-refractivity contribution in [1.29, 1.82) is 0 Å². The summed E-state index contributed by atoms with van der Waals surface area (Å²) in [4.78, 5) is 8.00. The van der Waals surface area contributed by atoms with Gasteiger partial charge in [0.2, 0.25) is 0 Å². The van der Waals surface area contributed by atoms with Crippen molar-refractivity contribution in [2.75, 3.05) is 13.7 Å². The maximum Gasteiger partial charge on any atom is 0.106 e. The predicted molar refractivity (Wildman–Crippen MR) is 126 cm³/mol. The van der Waals surface area contributed by atoms with Crippen molar-refractivity contribution in [3.8, 4) is 0 Å². The van der Waals surface area contributed by atoms with E-state index in [0.29, 0.717) is 0 Å². The van der Waals surface area contributed by atoms with Gasteiger partial charge >= 0.3 is 0 Å². The number of aliphatic hydroxyl groups is 1. The van der Waals surface area contributed by atoms with Gasteiger partial charge < -0.3 is 15.2 Å². The topological polar surface area (TPSA) is 49.3 Å². The number of hydrogen-bond donors (Lipinski definition) is 2. The van der Waals surface area contributed by atoms with E-state index in [1.807, 2.05) is 6.79 Å². The summed E-state index contributed by atoms with van der Waals surface area (Å²) in [7, 11) is 1.00. The summed E-state index contributed by atoms with van der Waals surface area (Å²) in [5.41, 5.74) is 2.91. The summed E-state index contributed by atoms with van der Waals surface area (Å²) in [6, 6.07) is 9.20. The van der Waals surface area contributed by atoms with Crippen LogP contribution in [0.25, 0.3) is 0 Å². The third kappa shape index (κ3) is 24.8. The Labute approximate surface area is 176 Å². The lowest BCUT2D eigenvalue weighted by atomic mass is 10.0. The van der Waals surface area contributed by atoms with Gasteiger partial charge in [-0.25, -0.2) is 0 Å². The highest BCUT2D eigenvalue weighted by molar-refractivity contribution is 5.22. The van der Waals surface area contributed by atoms with Crippen molar-refractivity contribution in [3.63, 3.8) is 0 Å². The van der Waals surface area contributed by atoms with Crippen LogP contribution in [0.5, 0.6) is 0 Å². The fraction of sp³-hybridized carbons (Fsp3) is 0.720. The number of aryl methyl sites for hydroxylation is 1. The van der Waals surface area contributed by atoms with E-state index in [0.717, 1.165) is 20.2 Å². The zero-order chi connectivity index (χ0) is 21.9. The van der Waals surface area contributed by atoms with E-state index in [9.17, 15) is 0 Å². The van der Waals surface area contributed by atoms with Gasteiger partial charge in [0.05, 0.1) is 0 Å². The molecule has 0 bridgehead atoms. The number of nitrogens with one attached hydrogen (secondary N) is 1. The molecule has 0 saturated heterocycles. The molecule has 0 aromatic heterocycles. The first-order valence-corrected chi connectivity index (χ1v) is 11.3. The molecular formula is C25H49NO2. The molecule has 0 fully saturated rings. The number of rotatable bonds is 13. The fourth-order valence-corrected chi connectivity index (χ4v) is 2.64. The molecule has 28 heavy (non-hydrogen) atoms. The van der Waals surface area contributed by atoms with Crippen molar-refractivity contribution >= 4 is 6.79 Å². The molecule has 166 valence electrons. The van der Waals surface area contributed by atoms with Gasteiger partial charge in [-0.15, -0.1) is 0 Å². The monoisotopic (exact) mass is 395 g/mol. The van der Waals surface area contributed by atoms with Crippen LogP contribution >= 0.6 is 0 Å². The quantitative estimate of drug-likeness (QED) is 0.365. The molecule has 0 amide bonds. The number of carbonyl (C=O) groups excluding carboxylic acids is 1. The molecule has 0 heterocycles. The summed E-state index contributed by atoms with van der Waals surface area (Å²) in [6.07, 6.45) is 14.8. The second-order valence-corrected chi connectivity index (χ2v) is 6.93. The summed E-state index contributed by atoms with van der Waals surface area (Å²) < 4.78 is 0.